The molecular weight excluding hydrogens is 576 g/mol. The normalized spacial score (nSPS) is 21.0. The lowest BCUT2D eigenvalue weighted by atomic mass is 10.0. The number of carbonyl (C=O) groups is 4. The Morgan fingerprint density at radius 3 is 2.42 bits per heavy atom. The number of imidazole rings is 1. The Morgan fingerprint density at radius 2 is 1.73 bits per heavy atom. The first-order chi connectivity index (χ1) is 21.5. The van der Waals surface area contributed by atoms with Crippen molar-refractivity contribution in [3.05, 3.63) is 70.6 Å². The van der Waals surface area contributed by atoms with E-state index >= 15 is 0 Å². The summed E-state index contributed by atoms with van der Waals surface area (Å²) in [5.74, 6) is -0.535. The second kappa shape index (κ2) is 15.5. The van der Waals surface area contributed by atoms with Gasteiger partial charge in [-0.15, -0.1) is 0 Å². The predicted molar refractivity (Wildman–Crippen MR) is 167 cm³/mol. The average molecular weight is 621 g/mol. The van der Waals surface area contributed by atoms with E-state index in [-0.39, 0.29) is 30.5 Å². The van der Waals surface area contributed by atoms with Crippen molar-refractivity contribution in [3.63, 3.8) is 0 Å². The second-order valence-electron chi connectivity index (χ2n) is 11.9. The van der Waals surface area contributed by atoms with Crippen LogP contribution in [0.3, 0.4) is 0 Å². The van der Waals surface area contributed by atoms with Crippen LogP contribution in [0.4, 0.5) is 0 Å². The fourth-order valence-electron chi connectivity index (χ4n) is 5.15. The third-order valence-corrected chi connectivity index (χ3v) is 7.64. The SMILES string of the molecule is CCc1nc(CN2CCNC(=O)[C@@H](Cc3ccccc3)NC(=O)[C@@H](CC(C)C)NC(=O)[C@@H](C)NC(=O)c3cc(on3)C2)c(C)[nH]1. The molecule has 0 saturated heterocycles. The van der Waals surface area contributed by atoms with Gasteiger partial charge in [0.1, 0.15) is 23.9 Å². The molecule has 4 amide bonds. The van der Waals surface area contributed by atoms with Crippen LogP contribution >= 0.6 is 0 Å². The summed E-state index contributed by atoms with van der Waals surface area (Å²) in [5.41, 5.74) is 2.72. The highest BCUT2D eigenvalue weighted by atomic mass is 16.5. The number of aryl methyl sites for hydroxylation is 2. The van der Waals surface area contributed by atoms with Crippen LogP contribution in [0.5, 0.6) is 0 Å². The molecule has 3 aromatic rings. The van der Waals surface area contributed by atoms with Gasteiger partial charge in [0.2, 0.25) is 17.7 Å². The van der Waals surface area contributed by atoms with E-state index in [0.29, 0.717) is 31.8 Å². The maximum Gasteiger partial charge on any atom is 0.274 e. The third kappa shape index (κ3) is 9.48. The van der Waals surface area contributed by atoms with Crippen LogP contribution in [0.15, 0.2) is 40.9 Å². The van der Waals surface area contributed by atoms with Crippen molar-refractivity contribution in [2.24, 2.45) is 5.92 Å². The number of hydrogen-bond donors (Lipinski definition) is 5. The molecule has 0 unspecified atom stereocenters. The molecule has 1 aromatic carbocycles. The first kappa shape index (κ1) is 33.4. The van der Waals surface area contributed by atoms with E-state index in [2.05, 4.69) is 31.4 Å². The molecule has 5 N–H and O–H groups in total. The standard InChI is InChI=1S/C32H44N8O5/c1-6-28-34-20(4)27(36-28)18-40-13-12-33-30(42)25(15-22-10-8-7-9-11-22)38-31(43)24(14-19(2)3)37-29(41)21(5)35-32(44)26-16-23(17-40)45-39-26/h7-11,16,19,21,24-25H,6,12-15,17-18H2,1-5H3,(H,33,42)(H,34,36)(H,35,44)(H,37,41)(H,38,43)/t21-,24-,25-/m1/s1. The molecule has 45 heavy (non-hydrogen) atoms. The lowest BCUT2D eigenvalue weighted by molar-refractivity contribution is -0.132. The van der Waals surface area contributed by atoms with E-state index in [1.54, 1.807) is 0 Å². The zero-order valence-corrected chi connectivity index (χ0v) is 26.6. The number of H-pyrrole nitrogens is 1. The van der Waals surface area contributed by atoms with Gasteiger partial charge in [-0.25, -0.2) is 4.98 Å². The Hall–Kier alpha value is -4.52. The van der Waals surface area contributed by atoms with Crippen molar-refractivity contribution in [2.75, 3.05) is 13.1 Å². The molecule has 1 aliphatic heterocycles. The summed E-state index contributed by atoms with van der Waals surface area (Å²) in [6.45, 7) is 10.8. The second-order valence-corrected chi connectivity index (χ2v) is 11.9. The average Bonchev–Trinajstić information content (AvgIpc) is 3.62. The highest BCUT2D eigenvalue weighted by Crippen LogP contribution is 2.14. The zero-order chi connectivity index (χ0) is 32.5. The maximum absolute atomic E-state index is 13.6. The molecule has 1 aliphatic rings. The van der Waals surface area contributed by atoms with Crippen molar-refractivity contribution in [2.45, 2.75) is 85.1 Å². The van der Waals surface area contributed by atoms with Crippen molar-refractivity contribution >= 4 is 23.6 Å². The van der Waals surface area contributed by atoms with Gasteiger partial charge in [-0.05, 0) is 31.7 Å². The van der Waals surface area contributed by atoms with Gasteiger partial charge < -0.3 is 30.8 Å². The van der Waals surface area contributed by atoms with Crippen molar-refractivity contribution in [1.29, 1.82) is 0 Å². The van der Waals surface area contributed by atoms with E-state index in [4.69, 9.17) is 9.51 Å². The minimum Gasteiger partial charge on any atom is -0.359 e. The number of aromatic amines is 1. The zero-order valence-electron chi connectivity index (χ0n) is 26.6. The summed E-state index contributed by atoms with van der Waals surface area (Å²) in [5, 5.41) is 15.2. The minimum atomic E-state index is -0.964. The predicted octanol–water partition coefficient (Wildman–Crippen LogP) is 1.78. The van der Waals surface area contributed by atoms with Crippen LogP contribution in [0.25, 0.3) is 0 Å². The Labute approximate surface area is 263 Å². The van der Waals surface area contributed by atoms with Gasteiger partial charge in [-0.1, -0.05) is 56.3 Å². The lowest BCUT2D eigenvalue weighted by Crippen LogP contribution is -2.57. The Kier molecular flexibility index (Phi) is 11.5. The number of aromatic nitrogens is 3. The number of nitrogens with one attached hydrogen (secondary N) is 5. The highest BCUT2D eigenvalue weighted by molar-refractivity contribution is 5.97. The Bertz CT molecular complexity index is 1470. The fourth-order valence-corrected chi connectivity index (χ4v) is 5.15. The largest absolute Gasteiger partial charge is 0.359 e. The van der Waals surface area contributed by atoms with Gasteiger partial charge in [0, 0.05) is 44.2 Å². The first-order valence-corrected chi connectivity index (χ1v) is 15.5. The summed E-state index contributed by atoms with van der Waals surface area (Å²) in [6, 6.07) is 8.21. The van der Waals surface area contributed by atoms with Crippen molar-refractivity contribution < 1.29 is 23.7 Å². The quantitative estimate of drug-likeness (QED) is 0.266. The van der Waals surface area contributed by atoms with Gasteiger partial charge in [0.25, 0.3) is 5.91 Å². The molecule has 0 radical (unpaired) electrons. The molecule has 3 atom stereocenters. The van der Waals surface area contributed by atoms with Crippen LogP contribution in [-0.2, 0) is 40.3 Å². The van der Waals surface area contributed by atoms with E-state index in [1.165, 1.54) is 13.0 Å². The fraction of sp³-hybridized carbons (Fsp3) is 0.500. The van der Waals surface area contributed by atoms with Gasteiger partial charge in [-0.2, -0.15) is 0 Å². The molecule has 13 heteroatoms. The highest BCUT2D eigenvalue weighted by Gasteiger charge is 2.30. The molecule has 2 aromatic heterocycles. The summed E-state index contributed by atoms with van der Waals surface area (Å²) in [4.78, 5) is 63.2. The van der Waals surface area contributed by atoms with Crippen LogP contribution in [-0.4, -0.2) is 74.9 Å². The van der Waals surface area contributed by atoms with Gasteiger partial charge in [0.15, 0.2) is 11.5 Å². The third-order valence-electron chi connectivity index (χ3n) is 7.64. The van der Waals surface area contributed by atoms with E-state index < -0.39 is 35.8 Å². The van der Waals surface area contributed by atoms with Crippen LogP contribution in [0, 0.1) is 12.8 Å². The van der Waals surface area contributed by atoms with Gasteiger partial charge in [0.05, 0.1) is 12.2 Å². The molecule has 13 nitrogen and oxygen atoms in total. The number of nitrogens with zero attached hydrogens (tertiary/aromatic N) is 3. The summed E-state index contributed by atoms with van der Waals surface area (Å²) < 4.78 is 5.49. The van der Waals surface area contributed by atoms with Crippen LogP contribution < -0.4 is 21.3 Å². The number of carbonyl (C=O) groups excluding carboxylic acids is 4. The van der Waals surface area contributed by atoms with Gasteiger partial charge >= 0.3 is 0 Å². The maximum atomic E-state index is 13.6. The van der Waals surface area contributed by atoms with E-state index in [0.717, 1.165) is 29.2 Å². The minimum absolute atomic E-state index is 0.0310. The molecular formula is C32H44N8O5. The molecule has 3 heterocycles. The number of rotatable bonds is 7. The summed E-state index contributed by atoms with van der Waals surface area (Å²) in [6.07, 6.45) is 1.37. The number of benzene rings is 1. The number of amides is 4. The summed E-state index contributed by atoms with van der Waals surface area (Å²) in [7, 11) is 0. The number of hydrogen-bond acceptors (Lipinski definition) is 8. The van der Waals surface area contributed by atoms with E-state index in [1.807, 2.05) is 62.9 Å². The lowest BCUT2D eigenvalue weighted by Gasteiger charge is -2.26. The Morgan fingerprint density at radius 1 is 1.00 bits per heavy atom. The molecule has 0 spiro atoms. The molecule has 0 fully saturated rings. The topological polar surface area (TPSA) is 174 Å². The molecule has 4 rings (SSSR count). The van der Waals surface area contributed by atoms with Crippen molar-refractivity contribution in [3.8, 4) is 0 Å². The summed E-state index contributed by atoms with van der Waals surface area (Å²) >= 11 is 0. The molecule has 0 saturated carbocycles. The smallest absolute Gasteiger partial charge is 0.274 e. The monoisotopic (exact) mass is 620 g/mol. The molecule has 0 aliphatic carbocycles. The van der Waals surface area contributed by atoms with Crippen LogP contribution in [0.2, 0.25) is 0 Å². The number of fused-ring (bicyclic) bond motifs is 2. The molecule has 2 bridgehead atoms. The van der Waals surface area contributed by atoms with Crippen LogP contribution in [0.1, 0.15) is 73.1 Å². The van der Waals surface area contributed by atoms with Gasteiger partial charge in [-0.3, -0.25) is 24.1 Å². The van der Waals surface area contributed by atoms with Crippen molar-refractivity contribution in [1.82, 2.24) is 41.3 Å². The molecule has 242 valence electrons. The first-order valence-electron chi connectivity index (χ1n) is 15.5. The Balaban J connectivity index is 1.62. The van der Waals surface area contributed by atoms with E-state index in [9.17, 15) is 19.2 Å².